The molecule has 0 aliphatic heterocycles. The summed E-state index contributed by atoms with van der Waals surface area (Å²) in [5.41, 5.74) is 2.57. The number of aromatic hydroxyl groups is 1. The Morgan fingerprint density at radius 2 is 2.00 bits per heavy atom. The van der Waals surface area contributed by atoms with E-state index in [0.29, 0.717) is 28.1 Å². The molecular formula is C22H16N6O4. The number of fused-ring (bicyclic) bond motifs is 2. The minimum atomic E-state index is -0.467. The van der Waals surface area contributed by atoms with Gasteiger partial charge in [0.1, 0.15) is 5.82 Å². The largest absolute Gasteiger partial charge is 0.504 e. The highest BCUT2D eigenvalue weighted by Crippen LogP contribution is 2.36. The molecule has 0 aliphatic rings. The lowest BCUT2D eigenvalue weighted by Crippen LogP contribution is -2.00. The molecule has 0 unspecified atom stereocenters. The van der Waals surface area contributed by atoms with Crippen molar-refractivity contribution in [3.05, 3.63) is 70.9 Å². The first-order valence-corrected chi connectivity index (χ1v) is 9.55. The van der Waals surface area contributed by atoms with E-state index in [2.05, 4.69) is 25.5 Å². The van der Waals surface area contributed by atoms with Crippen molar-refractivity contribution >= 4 is 39.0 Å². The van der Waals surface area contributed by atoms with Gasteiger partial charge in [0.15, 0.2) is 17.3 Å². The Hall–Kier alpha value is -4.73. The van der Waals surface area contributed by atoms with Gasteiger partial charge in [0, 0.05) is 40.2 Å². The maximum Gasteiger partial charge on any atom is 0.270 e. The molecular weight excluding hydrogens is 412 g/mol. The number of nitrogens with one attached hydrogen (secondary N) is 2. The summed E-state index contributed by atoms with van der Waals surface area (Å²) in [7, 11) is 1.45. The van der Waals surface area contributed by atoms with Gasteiger partial charge in [0.05, 0.1) is 29.3 Å². The van der Waals surface area contributed by atoms with Gasteiger partial charge in [-0.25, -0.2) is 9.97 Å². The number of aromatic nitrogens is 4. The fraction of sp³-hybridized carbons (Fsp3) is 0.0455. The third kappa shape index (κ3) is 3.39. The van der Waals surface area contributed by atoms with E-state index in [1.165, 1.54) is 25.3 Å². The van der Waals surface area contributed by atoms with Crippen LogP contribution in [0.3, 0.4) is 0 Å². The number of rotatable bonds is 5. The van der Waals surface area contributed by atoms with Crippen molar-refractivity contribution in [2.24, 2.45) is 0 Å². The normalized spacial score (nSPS) is 11.0. The number of nitro benzene ring substituents is 1. The lowest BCUT2D eigenvalue weighted by atomic mass is 10.1. The second-order valence-electron chi connectivity index (χ2n) is 7.04. The SMILES string of the molecule is COc1cc2nc(-c3cccc([N+](=O)[O-])c3)nc(Nc3ccc4[nH]ncc4c3)c2cc1O. The number of phenolic OH excluding ortho intramolecular Hbond substituents is 1. The summed E-state index contributed by atoms with van der Waals surface area (Å²) in [6.07, 6.45) is 1.71. The number of phenols is 1. The topological polar surface area (TPSA) is 139 Å². The van der Waals surface area contributed by atoms with Crippen molar-refractivity contribution in [2.75, 3.05) is 12.4 Å². The van der Waals surface area contributed by atoms with E-state index in [9.17, 15) is 15.2 Å². The lowest BCUT2D eigenvalue weighted by molar-refractivity contribution is -0.384. The predicted octanol–water partition coefficient (Wildman–Crippen LogP) is 4.54. The summed E-state index contributed by atoms with van der Waals surface area (Å²) in [5, 5.41) is 33.2. The van der Waals surface area contributed by atoms with Crippen LogP contribution in [-0.4, -0.2) is 37.3 Å². The summed E-state index contributed by atoms with van der Waals surface area (Å²) < 4.78 is 5.22. The molecule has 2 heterocycles. The summed E-state index contributed by atoms with van der Waals surface area (Å²) in [6, 6.07) is 14.9. The molecule has 5 aromatic rings. The van der Waals surface area contributed by atoms with Crippen molar-refractivity contribution in [2.45, 2.75) is 0 Å². The number of nitrogens with zero attached hydrogens (tertiary/aromatic N) is 4. The first kappa shape index (κ1) is 19.2. The molecule has 0 bridgehead atoms. The number of nitro groups is 1. The monoisotopic (exact) mass is 428 g/mol. The van der Waals surface area contributed by atoms with Crippen LogP contribution >= 0.6 is 0 Å². The Bertz CT molecular complexity index is 1500. The highest BCUT2D eigenvalue weighted by atomic mass is 16.6. The zero-order chi connectivity index (χ0) is 22.2. The van der Waals surface area contributed by atoms with Gasteiger partial charge < -0.3 is 15.2 Å². The minimum absolute atomic E-state index is 0.0555. The second-order valence-corrected chi connectivity index (χ2v) is 7.04. The third-order valence-corrected chi connectivity index (χ3v) is 5.01. The molecule has 0 fully saturated rings. The summed E-state index contributed by atoms with van der Waals surface area (Å²) in [6.45, 7) is 0. The van der Waals surface area contributed by atoms with Crippen LogP contribution in [0, 0.1) is 10.1 Å². The fourth-order valence-electron chi connectivity index (χ4n) is 3.45. The zero-order valence-electron chi connectivity index (χ0n) is 16.7. The van der Waals surface area contributed by atoms with Crippen LogP contribution < -0.4 is 10.1 Å². The molecule has 0 radical (unpaired) electrons. The van der Waals surface area contributed by atoms with Crippen LogP contribution in [0.15, 0.2) is 60.8 Å². The van der Waals surface area contributed by atoms with Gasteiger partial charge in [-0.05, 0) is 24.3 Å². The van der Waals surface area contributed by atoms with Crippen molar-refractivity contribution in [3.8, 4) is 22.9 Å². The van der Waals surface area contributed by atoms with Crippen LogP contribution in [0.4, 0.5) is 17.2 Å². The Labute approximate surface area is 180 Å². The average Bonchev–Trinajstić information content (AvgIpc) is 3.27. The molecule has 5 rings (SSSR count). The van der Waals surface area contributed by atoms with E-state index in [4.69, 9.17) is 4.74 Å². The summed E-state index contributed by atoms with van der Waals surface area (Å²) in [5.74, 6) is 0.921. The maximum absolute atomic E-state index is 11.2. The maximum atomic E-state index is 11.2. The molecule has 10 nitrogen and oxygen atoms in total. The molecule has 0 amide bonds. The van der Waals surface area contributed by atoms with E-state index in [-0.39, 0.29) is 17.2 Å². The standard InChI is InChI=1S/C22H16N6O4/c1-32-20-10-18-16(9-19(20)29)22(24-14-5-6-17-13(7-14)11-23-27-17)26-21(25-18)12-3-2-4-15(8-12)28(30)31/h2-11,29H,1H3,(H,23,27)(H,24,25,26). The molecule has 2 aromatic heterocycles. The Morgan fingerprint density at radius 3 is 2.81 bits per heavy atom. The zero-order valence-corrected chi connectivity index (χ0v) is 16.7. The first-order chi connectivity index (χ1) is 15.5. The van der Waals surface area contributed by atoms with E-state index in [1.807, 2.05) is 18.2 Å². The number of anilines is 2. The van der Waals surface area contributed by atoms with Crippen LogP contribution in [-0.2, 0) is 0 Å². The van der Waals surface area contributed by atoms with Gasteiger partial charge in [0.2, 0.25) is 0 Å². The van der Waals surface area contributed by atoms with Gasteiger partial charge in [-0.15, -0.1) is 0 Å². The fourth-order valence-corrected chi connectivity index (χ4v) is 3.45. The number of ether oxygens (including phenoxy) is 1. The van der Waals surface area contributed by atoms with E-state index < -0.39 is 4.92 Å². The number of aromatic amines is 1. The van der Waals surface area contributed by atoms with Gasteiger partial charge in [-0.3, -0.25) is 15.2 Å². The lowest BCUT2D eigenvalue weighted by Gasteiger charge is -2.13. The van der Waals surface area contributed by atoms with Gasteiger partial charge in [-0.2, -0.15) is 5.10 Å². The van der Waals surface area contributed by atoms with Crippen molar-refractivity contribution in [3.63, 3.8) is 0 Å². The highest BCUT2D eigenvalue weighted by molar-refractivity contribution is 5.95. The number of methoxy groups -OCH3 is 1. The molecule has 0 atom stereocenters. The Kier molecular flexibility index (Phi) is 4.52. The van der Waals surface area contributed by atoms with E-state index in [0.717, 1.165) is 16.6 Å². The van der Waals surface area contributed by atoms with Crippen molar-refractivity contribution < 1.29 is 14.8 Å². The smallest absolute Gasteiger partial charge is 0.270 e. The van der Waals surface area contributed by atoms with E-state index in [1.54, 1.807) is 24.4 Å². The summed E-state index contributed by atoms with van der Waals surface area (Å²) in [4.78, 5) is 19.9. The summed E-state index contributed by atoms with van der Waals surface area (Å²) >= 11 is 0. The van der Waals surface area contributed by atoms with Crippen LogP contribution in [0.2, 0.25) is 0 Å². The molecule has 10 heteroatoms. The average molecular weight is 428 g/mol. The molecule has 0 saturated carbocycles. The highest BCUT2D eigenvalue weighted by Gasteiger charge is 2.16. The van der Waals surface area contributed by atoms with Crippen LogP contribution in [0.5, 0.6) is 11.5 Å². The number of hydrogen-bond acceptors (Lipinski definition) is 8. The minimum Gasteiger partial charge on any atom is -0.504 e. The molecule has 0 spiro atoms. The van der Waals surface area contributed by atoms with Gasteiger partial charge in [0.25, 0.3) is 5.69 Å². The molecule has 0 aliphatic carbocycles. The first-order valence-electron chi connectivity index (χ1n) is 9.55. The van der Waals surface area contributed by atoms with Gasteiger partial charge >= 0.3 is 0 Å². The van der Waals surface area contributed by atoms with Crippen LogP contribution in [0.25, 0.3) is 33.2 Å². The van der Waals surface area contributed by atoms with Gasteiger partial charge in [-0.1, -0.05) is 12.1 Å². The van der Waals surface area contributed by atoms with Crippen molar-refractivity contribution in [1.29, 1.82) is 0 Å². The van der Waals surface area contributed by atoms with Crippen LogP contribution in [0.1, 0.15) is 0 Å². The van der Waals surface area contributed by atoms with E-state index >= 15 is 0 Å². The molecule has 0 saturated heterocycles. The number of H-pyrrole nitrogens is 1. The molecule has 158 valence electrons. The second kappa shape index (κ2) is 7.51. The quantitative estimate of drug-likeness (QED) is 0.274. The third-order valence-electron chi connectivity index (χ3n) is 5.01. The number of hydrogen-bond donors (Lipinski definition) is 3. The predicted molar refractivity (Wildman–Crippen MR) is 119 cm³/mol. The number of benzene rings is 3. The Balaban J connectivity index is 1.69. The Morgan fingerprint density at radius 1 is 1.12 bits per heavy atom. The molecule has 3 aromatic carbocycles. The molecule has 3 N–H and O–H groups in total. The number of non-ortho nitro benzene ring substituents is 1. The molecule has 32 heavy (non-hydrogen) atoms. The van der Waals surface area contributed by atoms with Crippen molar-refractivity contribution in [1.82, 2.24) is 20.2 Å².